The van der Waals surface area contributed by atoms with Gasteiger partial charge in [0.25, 0.3) is 0 Å². The van der Waals surface area contributed by atoms with Crippen LogP contribution in [0.4, 0.5) is 4.79 Å². The molecule has 110 valence electrons. The van der Waals surface area contributed by atoms with Crippen molar-refractivity contribution in [3.8, 4) is 0 Å². The molecule has 0 saturated heterocycles. The Balaban J connectivity index is 2.36. The summed E-state index contributed by atoms with van der Waals surface area (Å²) in [6.07, 6.45) is -0.646. The lowest BCUT2D eigenvalue weighted by Gasteiger charge is -2.22. The van der Waals surface area contributed by atoms with Crippen molar-refractivity contribution in [1.82, 2.24) is 5.32 Å². The summed E-state index contributed by atoms with van der Waals surface area (Å²) in [6, 6.07) is 8.56. The summed E-state index contributed by atoms with van der Waals surface area (Å²) in [5.74, 6) is -0.492. The fourth-order valence-corrected chi connectivity index (χ4v) is 1.39. The molecule has 0 spiro atoms. The van der Waals surface area contributed by atoms with Crippen LogP contribution in [-0.2, 0) is 20.9 Å². The molecule has 5 heteroatoms. The number of hydrogen-bond donors (Lipinski definition) is 1. The van der Waals surface area contributed by atoms with Gasteiger partial charge in [-0.2, -0.15) is 0 Å². The van der Waals surface area contributed by atoms with E-state index in [0.717, 1.165) is 5.56 Å². The second-order valence-electron chi connectivity index (χ2n) is 5.46. The molecule has 0 radical (unpaired) electrons. The van der Waals surface area contributed by atoms with Crippen LogP contribution in [0, 0.1) is 0 Å². The normalized spacial score (nSPS) is 12.4. The third-order valence-corrected chi connectivity index (χ3v) is 2.31. The first-order valence-electron chi connectivity index (χ1n) is 6.48. The summed E-state index contributed by atoms with van der Waals surface area (Å²) in [5.41, 5.74) is 0.300. The minimum Gasteiger partial charge on any atom is -0.458 e. The Bertz CT molecular complexity index is 451. The van der Waals surface area contributed by atoms with Gasteiger partial charge in [-0.3, -0.25) is 0 Å². The van der Waals surface area contributed by atoms with Gasteiger partial charge in [-0.05, 0) is 33.3 Å². The van der Waals surface area contributed by atoms with Crippen LogP contribution in [0.5, 0.6) is 0 Å². The molecule has 0 saturated carbocycles. The maximum absolute atomic E-state index is 11.7. The van der Waals surface area contributed by atoms with Gasteiger partial charge in [0.1, 0.15) is 18.2 Å². The fourth-order valence-electron chi connectivity index (χ4n) is 1.39. The van der Waals surface area contributed by atoms with E-state index >= 15 is 0 Å². The average molecular weight is 279 g/mol. The highest BCUT2D eigenvalue weighted by molar-refractivity contribution is 5.81. The summed E-state index contributed by atoms with van der Waals surface area (Å²) < 4.78 is 10.2. The quantitative estimate of drug-likeness (QED) is 0.860. The lowest BCUT2D eigenvalue weighted by Crippen LogP contribution is -2.42. The van der Waals surface area contributed by atoms with Gasteiger partial charge < -0.3 is 14.8 Å². The first-order chi connectivity index (χ1) is 9.28. The van der Waals surface area contributed by atoms with Crippen molar-refractivity contribution in [2.75, 3.05) is 0 Å². The van der Waals surface area contributed by atoms with E-state index in [-0.39, 0.29) is 6.61 Å². The van der Waals surface area contributed by atoms with Crippen molar-refractivity contribution < 1.29 is 19.1 Å². The highest BCUT2D eigenvalue weighted by Gasteiger charge is 2.23. The number of ether oxygens (including phenoxy) is 2. The van der Waals surface area contributed by atoms with E-state index < -0.39 is 23.7 Å². The third kappa shape index (κ3) is 6.22. The Morgan fingerprint density at radius 3 is 2.35 bits per heavy atom. The van der Waals surface area contributed by atoms with Crippen LogP contribution in [0.25, 0.3) is 0 Å². The van der Waals surface area contributed by atoms with E-state index in [2.05, 4.69) is 5.32 Å². The minimum absolute atomic E-state index is 0.160. The number of amides is 1. The van der Waals surface area contributed by atoms with Crippen molar-refractivity contribution in [3.63, 3.8) is 0 Å². The summed E-state index contributed by atoms with van der Waals surface area (Å²) in [6.45, 7) is 7.02. The average Bonchev–Trinajstić information content (AvgIpc) is 2.35. The molecule has 0 bridgehead atoms. The molecular weight excluding hydrogens is 258 g/mol. The van der Waals surface area contributed by atoms with E-state index in [0.29, 0.717) is 0 Å². The number of alkyl carbamates (subject to hydrolysis) is 1. The molecule has 0 aliphatic carbocycles. The Labute approximate surface area is 119 Å². The zero-order valence-corrected chi connectivity index (χ0v) is 12.3. The van der Waals surface area contributed by atoms with Gasteiger partial charge in [0.2, 0.25) is 0 Å². The summed E-state index contributed by atoms with van der Waals surface area (Å²) in [5, 5.41) is 2.44. The molecule has 1 atom stereocenters. The standard InChI is InChI=1S/C15H21NO4/c1-11(13(17)20-15(2,3)4)16-14(18)19-10-12-8-6-5-7-9-12/h5-9,11H,10H2,1-4H3,(H,16,18). The zero-order chi connectivity index (χ0) is 15.2. The Kier molecular flexibility index (Phi) is 5.55. The fraction of sp³-hybridized carbons (Fsp3) is 0.467. The molecule has 20 heavy (non-hydrogen) atoms. The second-order valence-corrected chi connectivity index (χ2v) is 5.46. The second kappa shape index (κ2) is 6.93. The van der Waals surface area contributed by atoms with Gasteiger partial charge in [0, 0.05) is 0 Å². The molecule has 0 aliphatic rings. The molecular formula is C15H21NO4. The Hall–Kier alpha value is -2.04. The van der Waals surface area contributed by atoms with Crippen molar-refractivity contribution in [3.05, 3.63) is 35.9 Å². The van der Waals surface area contributed by atoms with Crippen LogP contribution in [0.2, 0.25) is 0 Å². The lowest BCUT2D eigenvalue weighted by molar-refractivity contribution is -0.156. The molecule has 1 N–H and O–H groups in total. The van der Waals surface area contributed by atoms with Gasteiger partial charge in [-0.15, -0.1) is 0 Å². The highest BCUT2D eigenvalue weighted by Crippen LogP contribution is 2.08. The maximum Gasteiger partial charge on any atom is 0.408 e. The van der Waals surface area contributed by atoms with Crippen LogP contribution in [0.15, 0.2) is 30.3 Å². The molecule has 0 fully saturated rings. The van der Waals surface area contributed by atoms with Crippen LogP contribution in [-0.4, -0.2) is 23.7 Å². The van der Waals surface area contributed by atoms with Crippen LogP contribution >= 0.6 is 0 Å². The van der Waals surface area contributed by atoms with Crippen molar-refractivity contribution in [2.24, 2.45) is 0 Å². The van der Waals surface area contributed by atoms with Crippen LogP contribution in [0.3, 0.4) is 0 Å². The first kappa shape index (κ1) is 16.0. The third-order valence-electron chi connectivity index (χ3n) is 2.31. The minimum atomic E-state index is -0.752. The van der Waals surface area contributed by atoms with Crippen molar-refractivity contribution >= 4 is 12.1 Å². The summed E-state index contributed by atoms with van der Waals surface area (Å²) >= 11 is 0. The van der Waals surface area contributed by atoms with Gasteiger partial charge in [-0.1, -0.05) is 30.3 Å². The number of nitrogens with one attached hydrogen (secondary N) is 1. The number of benzene rings is 1. The van der Waals surface area contributed by atoms with E-state index in [1.807, 2.05) is 30.3 Å². The van der Waals surface area contributed by atoms with E-state index in [9.17, 15) is 9.59 Å². The number of hydrogen-bond acceptors (Lipinski definition) is 4. The topological polar surface area (TPSA) is 64.6 Å². The number of rotatable bonds is 4. The van der Waals surface area contributed by atoms with Gasteiger partial charge in [0.05, 0.1) is 0 Å². The monoisotopic (exact) mass is 279 g/mol. The highest BCUT2D eigenvalue weighted by atomic mass is 16.6. The summed E-state index contributed by atoms with van der Waals surface area (Å²) in [4.78, 5) is 23.2. The van der Waals surface area contributed by atoms with Crippen molar-refractivity contribution in [2.45, 2.75) is 45.9 Å². The molecule has 1 aromatic carbocycles. The zero-order valence-electron chi connectivity index (χ0n) is 12.3. The van der Waals surface area contributed by atoms with Crippen molar-refractivity contribution in [1.29, 1.82) is 0 Å². The van der Waals surface area contributed by atoms with Crippen LogP contribution < -0.4 is 5.32 Å². The van der Waals surface area contributed by atoms with Gasteiger partial charge in [0.15, 0.2) is 0 Å². The summed E-state index contributed by atoms with van der Waals surface area (Å²) in [7, 11) is 0. The number of carbonyl (C=O) groups excluding carboxylic acids is 2. The van der Waals surface area contributed by atoms with E-state index in [4.69, 9.17) is 9.47 Å². The Morgan fingerprint density at radius 1 is 1.20 bits per heavy atom. The first-order valence-corrected chi connectivity index (χ1v) is 6.48. The van der Waals surface area contributed by atoms with Crippen LogP contribution in [0.1, 0.15) is 33.3 Å². The van der Waals surface area contributed by atoms with Gasteiger partial charge >= 0.3 is 12.1 Å². The predicted molar refractivity (Wildman–Crippen MR) is 75.1 cm³/mol. The Morgan fingerprint density at radius 2 is 1.80 bits per heavy atom. The lowest BCUT2D eigenvalue weighted by atomic mass is 10.2. The predicted octanol–water partition coefficient (Wildman–Crippen LogP) is 2.64. The molecule has 5 nitrogen and oxygen atoms in total. The molecule has 0 aromatic heterocycles. The molecule has 0 heterocycles. The molecule has 1 rings (SSSR count). The largest absolute Gasteiger partial charge is 0.458 e. The maximum atomic E-state index is 11.7. The molecule has 1 unspecified atom stereocenters. The SMILES string of the molecule is CC(NC(=O)OCc1ccccc1)C(=O)OC(C)(C)C. The number of carbonyl (C=O) groups is 2. The van der Waals surface area contributed by atoms with Gasteiger partial charge in [-0.25, -0.2) is 9.59 Å². The smallest absolute Gasteiger partial charge is 0.408 e. The number of esters is 1. The van der Waals surface area contributed by atoms with E-state index in [1.165, 1.54) is 0 Å². The molecule has 0 aliphatic heterocycles. The molecule has 1 amide bonds. The molecule has 1 aromatic rings. The van der Waals surface area contributed by atoms with E-state index in [1.54, 1.807) is 27.7 Å².